The van der Waals surface area contributed by atoms with Gasteiger partial charge in [-0.15, -0.1) is 5.10 Å². The molecule has 216 valence electrons. The molecule has 0 radical (unpaired) electrons. The molecule has 0 bridgehead atoms. The molecule has 2 aromatic carbocycles. The SMILES string of the molecule is C=C(C1CCC(C(=O)c2ccc(OCC3CCOCC3)cc2)C1C(=O)O)n1nnc2ccc(C(F)(F)F)cc2c1=O. The van der Waals surface area contributed by atoms with Crippen molar-refractivity contribution < 1.29 is 37.3 Å². The number of ketones is 1. The minimum absolute atomic E-state index is 0.0403. The third-order valence-corrected chi connectivity index (χ3v) is 7.93. The second-order valence-electron chi connectivity index (χ2n) is 10.4. The largest absolute Gasteiger partial charge is 0.493 e. The lowest BCUT2D eigenvalue weighted by Gasteiger charge is -2.23. The van der Waals surface area contributed by atoms with E-state index in [9.17, 15) is 32.7 Å². The smallest absolute Gasteiger partial charge is 0.416 e. The molecule has 1 aromatic heterocycles. The Balaban J connectivity index is 1.33. The molecule has 2 aliphatic rings. The van der Waals surface area contributed by atoms with E-state index in [0.29, 0.717) is 43.1 Å². The molecule has 1 aliphatic heterocycles. The van der Waals surface area contributed by atoms with E-state index >= 15 is 0 Å². The molecule has 0 spiro atoms. The third-order valence-electron chi connectivity index (χ3n) is 7.93. The molecule has 3 unspecified atom stereocenters. The van der Waals surface area contributed by atoms with Crippen molar-refractivity contribution in [2.75, 3.05) is 19.8 Å². The fourth-order valence-corrected chi connectivity index (χ4v) is 5.63. The van der Waals surface area contributed by atoms with Crippen molar-refractivity contribution in [3.05, 3.63) is 70.5 Å². The lowest BCUT2D eigenvalue weighted by atomic mass is 9.83. The van der Waals surface area contributed by atoms with Crippen LogP contribution in [0.1, 0.15) is 41.6 Å². The van der Waals surface area contributed by atoms with Gasteiger partial charge in [0.25, 0.3) is 5.56 Å². The van der Waals surface area contributed by atoms with E-state index in [2.05, 4.69) is 16.9 Å². The fourth-order valence-electron chi connectivity index (χ4n) is 5.63. The van der Waals surface area contributed by atoms with Gasteiger partial charge in [0.15, 0.2) is 5.78 Å². The Morgan fingerprint density at radius 2 is 1.73 bits per heavy atom. The van der Waals surface area contributed by atoms with E-state index in [-0.39, 0.29) is 35.2 Å². The van der Waals surface area contributed by atoms with E-state index in [4.69, 9.17) is 9.47 Å². The Morgan fingerprint density at radius 3 is 2.39 bits per heavy atom. The van der Waals surface area contributed by atoms with Crippen molar-refractivity contribution in [1.82, 2.24) is 15.0 Å². The lowest BCUT2D eigenvalue weighted by Crippen LogP contribution is -2.33. The van der Waals surface area contributed by atoms with Gasteiger partial charge in [-0.25, -0.2) is 0 Å². The maximum atomic E-state index is 13.4. The standard InChI is InChI=1S/C29H28F3N3O6/c1-16(35-27(37)23-14-19(29(30,31)32)4-9-24(23)33-34-35)21-7-8-22(25(21)28(38)39)26(36)18-2-5-20(6-3-18)41-15-17-10-12-40-13-11-17/h2-6,9,14,17,21-22,25H,1,7-8,10-13,15H2,(H,38,39). The molecule has 3 atom stereocenters. The van der Waals surface area contributed by atoms with Gasteiger partial charge in [-0.3, -0.25) is 14.4 Å². The van der Waals surface area contributed by atoms with Gasteiger partial charge in [0, 0.05) is 36.3 Å². The number of rotatable bonds is 8. The molecular weight excluding hydrogens is 543 g/mol. The fraction of sp³-hybridized carbons (Fsp3) is 0.414. The van der Waals surface area contributed by atoms with Crippen LogP contribution in [-0.2, 0) is 15.7 Å². The Bertz CT molecular complexity index is 1530. The van der Waals surface area contributed by atoms with E-state index in [1.165, 1.54) is 0 Å². The van der Waals surface area contributed by atoms with Crippen molar-refractivity contribution in [3.63, 3.8) is 0 Å². The number of nitrogens with zero attached hydrogens (tertiary/aromatic N) is 3. The summed E-state index contributed by atoms with van der Waals surface area (Å²) in [4.78, 5) is 38.9. The number of fused-ring (bicyclic) bond motifs is 1. The maximum Gasteiger partial charge on any atom is 0.416 e. The van der Waals surface area contributed by atoms with Crippen LogP contribution in [0.25, 0.3) is 16.6 Å². The summed E-state index contributed by atoms with van der Waals surface area (Å²) in [6.45, 7) is 5.82. The summed E-state index contributed by atoms with van der Waals surface area (Å²) in [6.07, 6.45) is -2.39. The Kier molecular flexibility index (Phi) is 7.94. The number of aromatic nitrogens is 3. The molecule has 41 heavy (non-hydrogen) atoms. The van der Waals surface area contributed by atoms with E-state index < -0.39 is 41.0 Å². The number of carbonyl (C=O) groups is 2. The molecule has 3 aromatic rings. The molecule has 1 N–H and O–H groups in total. The van der Waals surface area contributed by atoms with Crippen LogP contribution in [0, 0.1) is 23.7 Å². The molecular formula is C29H28F3N3O6. The van der Waals surface area contributed by atoms with Gasteiger partial charge in [-0.05, 0) is 74.1 Å². The van der Waals surface area contributed by atoms with Crippen LogP contribution in [-0.4, -0.2) is 51.7 Å². The van der Waals surface area contributed by atoms with Crippen LogP contribution in [0.15, 0.2) is 53.8 Å². The molecule has 0 amide bonds. The first-order valence-corrected chi connectivity index (χ1v) is 13.3. The Morgan fingerprint density at radius 1 is 1.05 bits per heavy atom. The van der Waals surface area contributed by atoms with Gasteiger partial charge in [-0.2, -0.15) is 17.9 Å². The molecule has 1 aliphatic carbocycles. The summed E-state index contributed by atoms with van der Waals surface area (Å²) in [6, 6.07) is 9.07. The zero-order valence-corrected chi connectivity index (χ0v) is 22.0. The Labute approximate surface area is 232 Å². The first-order valence-electron chi connectivity index (χ1n) is 13.3. The van der Waals surface area contributed by atoms with Crippen LogP contribution in [0.4, 0.5) is 13.2 Å². The zero-order chi connectivity index (χ0) is 29.3. The predicted molar refractivity (Wildman–Crippen MR) is 141 cm³/mol. The van der Waals surface area contributed by atoms with E-state index in [1.54, 1.807) is 24.3 Å². The summed E-state index contributed by atoms with van der Waals surface area (Å²) in [5.41, 5.74) is -1.68. The Hall–Kier alpha value is -4.06. The second-order valence-corrected chi connectivity index (χ2v) is 10.4. The first kappa shape index (κ1) is 28.5. The van der Waals surface area contributed by atoms with Crippen LogP contribution in [0.5, 0.6) is 5.75 Å². The number of benzene rings is 2. The highest BCUT2D eigenvalue weighted by Gasteiger charge is 2.46. The molecule has 1 saturated heterocycles. The highest BCUT2D eigenvalue weighted by atomic mass is 19.4. The van der Waals surface area contributed by atoms with Crippen molar-refractivity contribution in [1.29, 1.82) is 0 Å². The number of allylic oxidation sites excluding steroid dienone is 1. The van der Waals surface area contributed by atoms with E-state index in [0.717, 1.165) is 29.7 Å². The van der Waals surface area contributed by atoms with Crippen molar-refractivity contribution in [2.24, 2.45) is 23.7 Å². The van der Waals surface area contributed by atoms with Crippen molar-refractivity contribution >= 4 is 28.4 Å². The summed E-state index contributed by atoms with van der Waals surface area (Å²) < 4.78 is 51.6. The van der Waals surface area contributed by atoms with Crippen LogP contribution < -0.4 is 10.3 Å². The highest BCUT2D eigenvalue weighted by molar-refractivity contribution is 6.00. The zero-order valence-electron chi connectivity index (χ0n) is 22.0. The van der Waals surface area contributed by atoms with Gasteiger partial charge >= 0.3 is 12.1 Å². The van der Waals surface area contributed by atoms with E-state index in [1.807, 2.05) is 0 Å². The lowest BCUT2D eigenvalue weighted by molar-refractivity contribution is -0.143. The van der Waals surface area contributed by atoms with Crippen LogP contribution in [0.3, 0.4) is 0 Å². The summed E-state index contributed by atoms with van der Waals surface area (Å²) in [5.74, 6) is -3.59. The number of carbonyl (C=O) groups excluding carboxylic acids is 1. The number of carboxylic acid groups (broad SMARTS) is 1. The van der Waals surface area contributed by atoms with Crippen LogP contribution in [0.2, 0.25) is 0 Å². The number of carboxylic acids is 1. The molecule has 1 saturated carbocycles. The molecule has 2 fully saturated rings. The van der Waals surface area contributed by atoms with Gasteiger partial charge in [0.2, 0.25) is 0 Å². The number of alkyl halides is 3. The number of aliphatic carboxylic acids is 1. The van der Waals surface area contributed by atoms with Gasteiger partial charge < -0.3 is 14.6 Å². The second kappa shape index (κ2) is 11.4. The van der Waals surface area contributed by atoms with Gasteiger partial charge in [-0.1, -0.05) is 11.8 Å². The van der Waals surface area contributed by atoms with Crippen LogP contribution >= 0.6 is 0 Å². The molecule has 5 rings (SSSR count). The molecule has 2 heterocycles. The number of hydrogen-bond donors (Lipinski definition) is 1. The topological polar surface area (TPSA) is 121 Å². The molecule has 12 heteroatoms. The molecule has 9 nitrogen and oxygen atoms in total. The first-order chi connectivity index (χ1) is 19.5. The maximum absolute atomic E-state index is 13.4. The average molecular weight is 572 g/mol. The van der Waals surface area contributed by atoms with Crippen molar-refractivity contribution in [2.45, 2.75) is 31.9 Å². The predicted octanol–water partition coefficient (Wildman–Crippen LogP) is 4.70. The average Bonchev–Trinajstić information content (AvgIpc) is 3.42. The van der Waals surface area contributed by atoms with Crippen molar-refractivity contribution in [3.8, 4) is 5.75 Å². The normalized spacial score (nSPS) is 21.6. The monoisotopic (exact) mass is 571 g/mol. The van der Waals surface area contributed by atoms with Gasteiger partial charge in [0.1, 0.15) is 11.3 Å². The number of Topliss-reactive ketones (excluding diaryl/α,β-unsaturated/α-hetero) is 1. The highest BCUT2D eigenvalue weighted by Crippen LogP contribution is 2.43. The minimum Gasteiger partial charge on any atom is -0.493 e. The number of ether oxygens (including phenoxy) is 2. The quantitative estimate of drug-likeness (QED) is 0.387. The number of hydrogen-bond acceptors (Lipinski definition) is 7. The summed E-state index contributed by atoms with van der Waals surface area (Å²) in [5, 5.41) is 17.4. The third kappa shape index (κ3) is 5.88. The summed E-state index contributed by atoms with van der Waals surface area (Å²) in [7, 11) is 0. The summed E-state index contributed by atoms with van der Waals surface area (Å²) >= 11 is 0. The number of halogens is 3. The van der Waals surface area contributed by atoms with Gasteiger partial charge in [0.05, 0.1) is 23.5 Å². The minimum atomic E-state index is -4.67.